The Balaban J connectivity index is 2.08. The molecule has 1 saturated heterocycles. The second-order valence-corrected chi connectivity index (χ2v) is 6.21. The summed E-state index contributed by atoms with van der Waals surface area (Å²) >= 11 is 0. The van der Waals surface area contributed by atoms with E-state index in [1.165, 1.54) is 0 Å². The average molecular weight is 189 g/mol. The van der Waals surface area contributed by atoms with Crippen LogP contribution in [0.25, 0.3) is 0 Å². The van der Waals surface area contributed by atoms with Crippen molar-refractivity contribution in [3.63, 3.8) is 0 Å². The highest BCUT2D eigenvalue weighted by molar-refractivity contribution is 7.90. The summed E-state index contributed by atoms with van der Waals surface area (Å²) in [5.41, 5.74) is 0. The van der Waals surface area contributed by atoms with Crippen molar-refractivity contribution in [2.24, 2.45) is 5.92 Å². The Hall–Kier alpha value is -0.0900. The van der Waals surface area contributed by atoms with Gasteiger partial charge in [-0.15, -0.1) is 0 Å². The molecule has 0 aromatic heterocycles. The molecule has 0 aromatic carbocycles. The first kappa shape index (κ1) is 8.51. The molecule has 0 amide bonds. The molecule has 2 fully saturated rings. The number of nitrogens with zero attached hydrogens (tertiary/aromatic N) is 1. The van der Waals surface area contributed by atoms with Crippen LogP contribution in [0.2, 0.25) is 0 Å². The monoisotopic (exact) mass is 189 g/mol. The van der Waals surface area contributed by atoms with Crippen molar-refractivity contribution >= 4 is 10.0 Å². The molecule has 2 rings (SSSR count). The summed E-state index contributed by atoms with van der Waals surface area (Å²) in [7, 11) is -2.87. The highest BCUT2D eigenvalue weighted by atomic mass is 32.2. The van der Waals surface area contributed by atoms with Crippen LogP contribution in [-0.2, 0) is 10.0 Å². The van der Waals surface area contributed by atoms with Crippen LogP contribution in [0.1, 0.15) is 26.2 Å². The van der Waals surface area contributed by atoms with Gasteiger partial charge in [-0.1, -0.05) is 6.92 Å². The largest absolute Gasteiger partial charge is 0.216 e. The molecular formula is C8H15NO2S. The molecule has 1 unspecified atom stereocenters. The number of rotatable bonds is 2. The molecule has 12 heavy (non-hydrogen) atoms. The first-order valence-electron chi connectivity index (χ1n) is 4.59. The lowest BCUT2D eigenvalue weighted by Crippen LogP contribution is -2.31. The molecule has 0 N–H and O–H groups in total. The van der Waals surface area contributed by atoms with Crippen molar-refractivity contribution in [3.05, 3.63) is 0 Å². The molecule has 1 aliphatic heterocycles. The fraction of sp³-hybridized carbons (Fsp3) is 1.00. The molecule has 3 nitrogen and oxygen atoms in total. The van der Waals surface area contributed by atoms with E-state index < -0.39 is 10.0 Å². The predicted octanol–water partition coefficient (Wildman–Crippen LogP) is 0.820. The number of hydrogen-bond acceptors (Lipinski definition) is 2. The van der Waals surface area contributed by atoms with Crippen molar-refractivity contribution in [1.82, 2.24) is 4.31 Å². The van der Waals surface area contributed by atoms with Crippen molar-refractivity contribution in [1.29, 1.82) is 0 Å². The summed E-state index contributed by atoms with van der Waals surface area (Å²) in [6.07, 6.45) is 2.80. The van der Waals surface area contributed by atoms with Crippen molar-refractivity contribution in [2.75, 3.05) is 13.1 Å². The highest BCUT2D eigenvalue weighted by Crippen LogP contribution is 2.33. The van der Waals surface area contributed by atoms with Crippen LogP contribution in [-0.4, -0.2) is 31.1 Å². The van der Waals surface area contributed by atoms with Crippen LogP contribution in [0.15, 0.2) is 0 Å². The van der Waals surface area contributed by atoms with Crippen LogP contribution < -0.4 is 0 Å². The van der Waals surface area contributed by atoms with Gasteiger partial charge >= 0.3 is 0 Å². The zero-order chi connectivity index (χ0) is 8.77. The van der Waals surface area contributed by atoms with Gasteiger partial charge in [-0.05, 0) is 25.2 Å². The Morgan fingerprint density at radius 3 is 2.33 bits per heavy atom. The van der Waals surface area contributed by atoms with Crippen molar-refractivity contribution < 1.29 is 8.42 Å². The van der Waals surface area contributed by atoms with E-state index in [9.17, 15) is 8.42 Å². The van der Waals surface area contributed by atoms with Gasteiger partial charge < -0.3 is 0 Å². The minimum absolute atomic E-state index is 0.0252. The first-order chi connectivity index (χ1) is 5.60. The summed E-state index contributed by atoms with van der Waals surface area (Å²) < 4.78 is 25.0. The van der Waals surface area contributed by atoms with E-state index in [4.69, 9.17) is 0 Å². The Morgan fingerprint density at radius 1 is 1.25 bits per heavy atom. The summed E-state index contributed by atoms with van der Waals surface area (Å²) in [5.74, 6) is 0.554. The summed E-state index contributed by atoms with van der Waals surface area (Å²) in [6, 6.07) is 0. The van der Waals surface area contributed by atoms with Crippen molar-refractivity contribution in [2.45, 2.75) is 31.4 Å². The molecule has 70 valence electrons. The topological polar surface area (TPSA) is 37.4 Å². The van der Waals surface area contributed by atoms with Crippen LogP contribution in [0.5, 0.6) is 0 Å². The van der Waals surface area contributed by atoms with E-state index in [1.54, 1.807) is 4.31 Å². The third-order valence-corrected chi connectivity index (χ3v) is 5.06. The summed E-state index contributed by atoms with van der Waals surface area (Å²) in [4.78, 5) is 0. The second kappa shape index (κ2) is 2.70. The zero-order valence-electron chi connectivity index (χ0n) is 7.36. The van der Waals surface area contributed by atoms with E-state index in [0.717, 1.165) is 32.4 Å². The molecular weight excluding hydrogens is 174 g/mol. The molecule has 1 aliphatic carbocycles. The predicted molar refractivity (Wildman–Crippen MR) is 47.3 cm³/mol. The third-order valence-electron chi connectivity index (χ3n) is 2.69. The van der Waals surface area contributed by atoms with Gasteiger partial charge in [0, 0.05) is 13.1 Å². The van der Waals surface area contributed by atoms with Gasteiger partial charge in [-0.25, -0.2) is 12.7 Å². The van der Waals surface area contributed by atoms with Crippen LogP contribution >= 0.6 is 0 Å². The maximum Gasteiger partial charge on any atom is 0.216 e. The van der Waals surface area contributed by atoms with E-state index in [2.05, 4.69) is 6.92 Å². The fourth-order valence-electron chi connectivity index (χ4n) is 1.70. The minimum Gasteiger partial charge on any atom is -0.212 e. The quantitative estimate of drug-likeness (QED) is 0.645. The Morgan fingerprint density at radius 2 is 1.92 bits per heavy atom. The Bertz CT molecular complexity index is 269. The number of sulfonamides is 1. The smallest absolute Gasteiger partial charge is 0.212 e. The van der Waals surface area contributed by atoms with E-state index in [-0.39, 0.29) is 5.25 Å². The van der Waals surface area contributed by atoms with Gasteiger partial charge in [0.15, 0.2) is 0 Å². The first-order valence-corrected chi connectivity index (χ1v) is 6.10. The van der Waals surface area contributed by atoms with Crippen LogP contribution in [0, 0.1) is 5.92 Å². The van der Waals surface area contributed by atoms with E-state index >= 15 is 0 Å². The molecule has 1 atom stereocenters. The molecule has 0 bridgehead atoms. The molecule has 0 spiro atoms. The molecule has 0 radical (unpaired) electrons. The molecule has 1 saturated carbocycles. The normalized spacial score (nSPS) is 32.6. The second-order valence-electron chi connectivity index (χ2n) is 4.00. The highest BCUT2D eigenvalue weighted by Gasteiger charge is 2.41. The van der Waals surface area contributed by atoms with Gasteiger partial charge in [-0.3, -0.25) is 0 Å². The van der Waals surface area contributed by atoms with Gasteiger partial charge in [0.05, 0.1) is 5.25 Å². The molecule has 0 aromatic rings. The number of hydrogen-bond donors (Lipinski definition) is 0. The van der Waals surface area contributed by atoms with Gasteiger partial charge in [0.1, 0.15) is 0 Å². The molecule has 4 heteroatoms. The Labute approximate surface area is 73.8 Å². The van der Waals surface area contributed by atoms with Gasteiger partial charge in [-0.2, -0.15) is 0 Å². The standard InChI is InChI=1S/C8H15NO2S/c1-7-4-5-9(6-7)12(10,11)8-2-3-8/h7-8H,2-6H2,1H3. The van der Waals surface area contributed by atoms with E-state index in [0.29, 0.717) is 5.92 Å². The van der Waals surface area contributed by atoms with Crippen molar-refractivity contribution in [3.8, 4) is 0 Å². The zero-order valence-corrected chi connectivity index (χ0v) is 8.18. The summed E-state index contributed by atoms with van der Waals surface area (Å²) in [5, 5.41) is -0.0252. The van der Waals surface area contributed by atoms with Gasteiger partial charge in [0.25, 0.3) is 0 Å². The van der Waals surface area contributed by atoms with E-state index in [1.807, 2.05) is 0 Å². The lowest BCUT2D eigenvalue weighted by atomic mass is 10.2. The van der Waals surface area contributed by atoms with Gasteiger partial charge in [0.2, 0.25) is 10.0 Å². The Kier molecular flexibility index (Phi) is 1.92. The lowest BCUT2D eigenvalue weighted by Gasteiger charge is -2.14. The van der Waals surface area contributed by atoms with Crippen LogP contribution in [0.3, 0.4) is 0 Å². The minimum atomic E-state index is -2.87. The molecule has 1 heterocycles. The SMILES string of the molecule is CC1CCN(S(=O)(=O)C2CC2)C1. The van der Waals surface area contributed by atoms with Crippen LogP contribution in [0.4, 0.5) is 0 Å². The lowest BCUT2D eigenvalue weighted by molar-refractivity contribution is 0.463. The molecule has 2 aliphatic rings. The maximum absolute atomic E-state index is 11.7. The fourth-order valence-corrected chi connectivity index (χ4v) is 3.68. The average Bonchev–Trinajstić information content (AvgIpc) is 2.75. The maximum atomic E-state index is 11.7. The third kappa shape index (κ3) is 1.38. The summed E-state index contributed by atoms with van der Waals surface area (Å²) in [6.45, 7) is 3.61.